The summed E-state index contributed by atoms with van der Waals surface area (Å²) in [6.45, 7) is 2.46. The molecule has 156 valence electrons. The Morgan fingerprint density at radius 2 is 1.82 bits per heavy atom. The quantitative estimate of drug-likeness (QED) is 0.344. The van der Waals surface area contributed by atoms with Gasteiger partial charge in [-0.25, -0.2) is 0 Å². The van der Waals surface area contributed by atoms with Crippen molar-refractivity contribution in [1.29, 1.82) is 0 Å². The van der Waals surface area contributed by atoms with E-state index >= 15 is 0 Å². The molecule has 0 spiro atoms. The number of halogens is 2. The monoisotopic (exact) mass is 516 g/mol. The van der Waals surface area contributed by atoms with Gasteiger partial charge in [0, 0.05) is 49.2 Å². The van der Waals surface area contributed by atoms with Crippen LogP contribution < -0.4 is 10.6 Å². The summed E-state index contributed by atoms with van der Waals surface area (Å²) in [4.78, 5) is 7.21. The first kappa shape index (κ1) is 22.2. The zero-order valence-corrected chi connectivity index (χ0v) is 20.0. The molecule has 2 N–H and O–H groups in total. The molecule has 1 aromatic carbocycles. The number of hydrogen-bond donors (Lipinski definition) is 2. The van der Waals surface area contributed by atoms with Gasteiger partial charge in [-0.2, -0.15) is 0 Å². The van der Waals surface area contributed by atoms with Crippen LogP contribution in [0.4, 0.5) is 0 Å². The summed E-state index contributed by atoms with van der Waals surface area (Å²) in [7, 11) is 1.88. The third-order valence-corrected chi connectivity index (χ3v) is 6.81. The minimum absolute atomic E-state index is 0. The zero-order chi connectivity index (χ0) is 18.6. The van der Waals surface area contributed by atoms with Gasteiger partial charge >= 0.3 is 0 Å². The van der Waals surface area contributed by atoms with E-state index < -0.39 is 0 Å². The molecule has 0 amide bonds. The number of benzene rings is 1. The molecule has 1 aromatic rings. The van der Waals surface area contributed by atoms with E-state index in [9.17, 15) is 0 Å². The molecule has 4 nitrogen and oxygen atoms in total. The van der Waals surface area contributed by atoms with Gasteiger partial charge in [0.2, 0.25) is 0 Å². The lowest BCUT2D eigenvalue weighted by atomic mass is 9.92. The van der Waals surface area contributed by atoms with Crippen molar-refractivity contribution in [3.05, 3.63) is 34.9 Å². The number of guanidine groups is 1. The van der Waals surface area contributed by atoms with Gasteiger partial charge in [-0.1, -0.05) is 43.0 Å². The highest BCUT2D eigenvalue weighted by Crippen LogP contribution is 2.41. The summed E-state index contributed by atoms with van der Waals surface area (Å²) < 4.78 is 0. The fraction of sp³-hybridized carbons (Fsp3) is 0.682. The summed E-state index contributed by atoms with van der Waals surface area (Å²) >= 11 is 6.13. The van der Waals surface area contributed by atoms with Crippen LogP contribution >= 0.6 is 35.6 Å². The molecule has 1 saturated heterocycles. The zero-order valence-electron chi connectivity index (χ0n) is 16.9. The van der Waals surface area contributed by atoms with Crippen LogP contribution in [0, 0.1) is 0 Å². The molecule has 3 fully saturated rings. The summed E-state index contributed by atoms with van der Waals surface area (Å²) in [5.41, 5.74) is 1.33. The summed E-state index contributed by atoms with van der Waals surface area (Å²) in [5.74, 6) is 1.51. The van der Waals surface area contributed by atoms with Crippen LogP contribution in [0.3, 0.4) is 0 Å². The number of likely N-dealkylation sites (tertiary alicyclic amines) is 1. The Morgan fingerprint density at radius 1 is 1.07 bits per heavy atom. The van der Waals surface area contributed by atoms with Crippen molar-refractivity contribution in [3.8, 4) is 0 Å². The van der Waals surface area contributed by atoms with E-state index in [0.717, 1.165) is 23.4 Å². The minimum atomic E-state index is 0. The lowest BCUT2D eigenvalue weighted by Gasteiger charge is -2.39. The van der Waals surface area contributed by atoms with Crippen LogP contribution in [0.25, 0.3) is 0 Å². The maximum atomic E-state index is 6.13. The number of nitrogens with one attached hydrogen (secondary N) is 2. The van der Waals surface area contributed by atoms with Gasteiger partial charge in [-0.05, 0) is 49.8 Å². The lowest BCUT2D eigenvalue weighted by molar-refractivity contribution is 0.119. The Balaban J connectivity index is 0.00000225. The molecule has 28 heavy (non-hydrogen) atoms. The molecular weight excluding hydrogens is 483 g/mol. The van der Waals surface area contributed by atoms with Crippen LogP contribution in [-0.2, 0) is 0 Å². The molecule has 6 heteroatoms. The first-order valence-electron chi connectivity index (χ1n) is 10.7. The number of nitrogens with zero attached hydrogens (tertiary/aromatic N) is 2. The molecule has 2 aliphatic carbocycles. The molecule has 3 aliphatic rings. The Labute approximate surface area is 191 Å². The van der Waals surface area contributed by atoms with E-state index in [1.807, 2.05) is 19.2 Å². The van der Waals surface area contributed by atoms with Gasteiger partial charge in [-0.3, -0.25) is 4.99 Å². The van der Waals surface area contributed by atoms with Crippen molar-refractivity contribution in [2.45, 2.75) is 75.4 Å². The van der Waals surface area contributed by atoms with E-state index in [1.165, 1.54) is 63.6 Å². The predicted molar refractivity (Wildman–Crippen MR) is 129 cm³/mol. The minimum Gasteiger partial charge on any atom is -0.354 e. The third-order valence-electron chi connectivity index (χ3n) is 6.57. The lowest BCUT2D eigenvalue weighted by Crippen LogP contribution is -2.51. The Hall–Kier alpha value is -0.530. The van der Waals surface area contributed by atoms with Crippen LogP contribution in [0.1, 0.15) is 62.8 Å². The second-order valence-corrected chi connectivity index (χ2v) is 8.90. The molecule has 0 bridgehead atoms. The fourth-order valence-electron chi connectivity index (χ4n) is 4.86. The Bertz CT molecular complexity index is 654. The van der Waals surface area contributed by atoms with Crippen molar-refractivity contribution in [3.63, 3.8) is 0 Å². The van der Waals surface area contributed by atoms with E-state index in [-0.39, 0.29) is 24.0 Å². The highest BCUT2D eigenvalue weighted by atomic mass is 127. The molecule has 0 aromatic heterocycles. The fourth-order valence-corrected chi connectivity index (χ4v) is 5.05. The maximum absolute atomic E-state index is 6.13. The molecular formula is C22H34ClIN4. The summed E-state index contributed by atoms with van der Waals surface area (Å²) in [6, 6.07) is 10.1. The maximum Gasteiger partial charge on any atom is 0.191 e. The summed E-state index contributed by atoms with van der Waals surface area (Å²) in [6.07, 6.45) is 10.7. The second kappa shape index (κ2) is 10.5. The van der Waals surface area contributed by atoms with Crippen molar-refractivity contribution >= 4 is 41.5 Å². The average Bonchev–Trinajstić information content (AvgIpc) is 3.48. The number of aliphatic imine (C=N–C) groups is 1. The Morgan fingerprint density at radius 3 is 2.50 bits per heavy atom. The van der Waals surface area contributed by atoms with Gasteiger partial charge in [0.05, 0.1) is 0 Å². The topological polar surface area (TPSA) is 39.7 Å². The third kappa shape index (κ3) is 5.76. The van der Waals surface area contributed by atoms with Gasteiger partial charge in [0.1, 0.15) is 0 Å². The molecule has 2 saturated carbocycles. The van der Waals surface area contributed by atoms with Crippen molar-refractivity contribution in [2.24, 2.45) is 4.99 Å². The average molecular weight is 517 g/mol. The first-order chi connectivity index (χ1) is 13.2. The van der Waals surface area contributed by atoms with E-state index in [2.05, 4.69) is 32.7 Å². The van der Waals surface area contributed by atoms with Gasteiger partial charge in [0.15, 0.2) is 5.96 Å². The highest BCUT2D eigenvalue weighted by Gasteiger charge is 2.39. The SMILES string of the molecule is CN=C(NC1CCN(C2CCCCC2)CC1)NC1CC1c1cccc(Cl)c1.I. The first-order valence-corrected chi connectivity index (χ1v) is 11.1. The molecule has 2 unspecified atom stereocenters. The normalized spacial score (nSPS) is 27.1. The van der Waals surface area contributed by atoms with Crippen LogP contribution in [0.5, 0.6) is 0 Å². The standard InChI is InChI=1S/C22H33ClN4.HI/c1-24-22(26-21-15-20(21)16-6-5-7-17(23)14-16)25-18-10-12-27(13-11-18)19-8-3-2-4-9-19;/h5-7,14,18-21H,2-4,8-13,15H2,1H3,(H2,24,25,26);1H. The van der Waals surface area contributed by atoms with Gasteiger partial charge in [0.25, 0.3) is 0 Å². The smallest absolute Gasteiger partial charge is 0.191 e. The molecule has 0 radical (unpaired) electrons. The van der Waals surface area contributed by atoms with Crippen LogP contribution in [0.15, 0.2) is 29.3 Å². The Kier molecular flexibility index (Phi) is 8.30. The highest BCUT2D eigenvalue weighted by molar-refractivity contribution is 14.0. The van der Waals surface area contributed by atoms with E-state index in [4.69, 9.17) is 11.6 Å². The van der Waals surface area contributed by atoms with Gasteiger partial charge < -0.3 is 15.5 Å². The van der Waals surface area contributed by atoms with Crippen molar-refractivity contribution in [2.75, 3.05) is 20.1 Å². The largest absolute Gasteiger partial charge is 0.354 e. The second-order valence-electron chi connectivity index (χ2n) is 8.47. The summed E-state index contributed by atoms with van der Waals surface area (Å²) in [5, 5.41) is 8.11. The van der Waals surface area contributed by atoms with Crippen molar-refractivity contribution < 1.29 is 0 Å². The van der Waals surface area contributed by atoms with Gasteiger partial charge in [-0.15, -0.1) is 24.0 Å². The van der Waals surface area contributed by atoms with Crippen LogP contribution in [0.2, 0.25) is 5.02 Å². The van der Waals surface area contributed by atoms with E-state index in [1.54, 1.807) is 0 Å². The number of rotatable bonds is 4. The number of hydrogen-bond acceptors (Lipinski definition) is 2. The number of piperidine rings is 1. The van der Waals surface area contributed by atoms with Crippen molar-refractivity contribution in [1.82, 2.24) is 15.5 Å². The molecule has 2 atom stereocenters. The van der Waals surface area contributed by atoms with E-state index in [0.29, 0.717) is 18.0 Å². The van der Waals surface area contributed by atoms with Crippen LogP contribution in [-0.4, -0.2) is 49.1 Å². The molecule has 4 rings (SSSR count). The predicted octanol–water partition coefficient (Wildman–Crippen LogP) is 4.78. The molecule has 1 heterocycles. The molecule has 1 aliphatic heterocycles.